The highest BCUT2D eigenvalue weighted by atomic mass is 127. The molecule has 0 aliphatic carbocycles. The first-order chi connectivity index (χ1) is 14.9. The van der Waals surface area contributed by atoms with E-state index >= 15 is 0 Å². The third-order valence-corrected chi connectivity index (χ3v) is 6.99. The number of morpholine rings is 1. The van der Waals surface area contributed by atoms with Crippen LogP contribution in [-0.2, 0) is 4.74 Å². The van der Waals surface area contributed by atoms with Crippen molar-refractivity contribution in [2.45, 2.75) is 26.8 Å². The molecule has 4 rings (SSSR count). The maximum absolute atomic E-state index is 8.26. The minimum Gasteiger partial charge on any atom is -0.402 e. The molecule has 4 heterocycles. The quantitative estimate of drug-likeness (QED) is 0.361. The van der Waals surface area contributed by atoms with Crippen molar-refractivity contribution in [3.63, 3.8) is 0 Å². The topological polar surface area (TPSA) is 106 Å². The second kappa shape index (κ2) is 9.13. The number of nitrogens with one attached hydrogen (secondary N) is 1. The lowest BCUT2D eigenvalue weighted by Crippen LogP contribution is -2.44. The molecular weight excluding hydrogens is 525 g/mol. The zero-order valence-electron chi connectivity index (χ0n) is 17.6. The second-order valence-corrected chi connectivity index (χ2v) is 9.25. The van der Waals surface area contributed by atoms with Gasteiger partial charge in [-0.1, -0.05) is 0 Å². The third-order valence-electron chi connectivity index (χ3n) is 5.27. The van der Waals surface area contributed by atoms with Crippen molar-refractivity contribution in [3.05, 3.63) is 42.0 Å². The largest absolute Gasteiger partial charge is 0.402 e. The van der Waals surface area contributed by atoms with Gasteiger partial charge in [0, 0.05) is 83.3 Å². The van der Waals surface area contributed by atoms with E-state index in [-0.39, 0.29) is 6.04 Å². The molecule has 1 aliphatic rings. The zero-order chi connectivity index (χ0) is 22.1. The van der Waals surface area contributed by atoms with Crippen LogP contribution in [0.15, 0.2) is 36.3 Å². The lowest BCUT2D eigenvalue weighted by molar-refractivity contribution is 0.0985. The van der Waals surface area contributed by atoms with Gasteiger partial charge in [0.15, 0.2) is 11.5 Å². The summed E-state index contributed by atoms with van der Waals surface area (Å²) in [5, 5.41) is 9.24. The van der Waals surface area contributed by atoms with E-state index in [1.807, 2.05) is 28.4 Å². The van der Waals surface area contributed by atoms with Crippen LogP contribution in [-0.4, -0.2) is 50.4 Å². The summed E-state index contributed by atoms with van der Waals surface area (Å²) in [6.07, 6.45) is 3.77. The van der Waals surface area contributed by atoms with Crippen LogP contribution in [0, 0.1) is 5.41 Å². The van der Waals surface area contributed by atoms with Gasteiger partial charge in [-0.3, -0.25) is 3.97 Å². The molecule has 10 heteroatoms. The number of halogens is 1. The van der Waals surface area contributed by atoms with E-state index in [0.29, 0.717) is 41.7 Å². The minimum absolute atomic E-state index is 0.186. The maximum atomic E-state index is 8.26. The van der Waals surface area contributed by atoms with E-state index in [4.69, 9.17) is 25.8 Å². The normalized spacial score (nSPS) is 17.7. The van der Waals surface area contributed by atoms with Crippen LogP contribution >= 0.6 is 30.3 Å². The van der Waals surface area contributed by atoms with Crippen molar-refractivity contribution in [3.8, 4) is 11.4 Å². The number of aromatic nitrogens is 4. The van der Waals surface area contributed by atoms with E-state index in [0.717, 1.165) is 29.0 Å². The summed E-state index contributed by atoms with van der Waals surface area (Å²) in [5.41, 5.74) is 10.1. The average molecular weight is 549 g/mol. The van der Waals surface area contributed by atoms with Crippen LogP contribution in [0.1, 0.15) is 26.5 Å². The molecule has 0 bridgehead atoms. The number of pyridine rings is 1. The molecule has 8 nitrogen and oxygen atoms in total. The first-order valence-electron chi connectivity index (χ1n) is 9.92. The number of rotatable bonds is 5. The molecule has 0 saturated carbocycles. The van der Waals surface area contributed by atoms with Gasteiger partial charge < -0.3 is 20.8 Å². The molecule has 3 aromatic rings. The Hall–Kier alpha value is -2.18. The number of ether oxygens (including phenoxy) is 1. The Balaban J connectivity index is 1.95. The van der Waals surface area contributed by atoms with E-state index in [2.05, 4.69) is 38.0 Å². The maximum Gasteiger partial charge on any atom is 0.162 e. The summed E-state index contributed by atoms with van der Waals surface area (Å²) in [4.78, 5) is 16.6. The fourth-order valence-electron chi connectivity index (χ4n) is 3.85. The van der Waals surface area contributed by atoms with Gasteiger partial charge >= 0.3 is 0 Å². The Morgan fingerprint density at radius 1 is 1.32 bits per heavy atom. The highest BCUT2D eigenvalue weighted by Gasteiger charge is 2.24. The molecule has 3 aromatic heterocycles. The SMILES string of the molecule is CC(=N)C(=C(C)N)c1cc(N2CCOCC2C)nc(-c2ccnc3c2ccn3SI)n1. The lowest BCUT2D eigenvalue weighted by Gasteiger charge is -2.34. The summed E-state index contributed by atoms with van der Waals surface area (Å²) in [6, 6.07) is 6.08. The fraction of sp³-hybridized carbons (Fsp3) is 0.333. The summed E-state index contributed by atoms with van der Waals surface area (Å²) in [5.74, 6) is 1.40. The molecule has 1 atom stereocenters. The highest BCUT2D eigenvalue weighted by molar-refractivity contribution is 14.2. The monoisotopic (exact) mass is 549 g/mol. The number of anilines is 1. The van der Waals surface area contributed by atoms with E-state index in [9.17, 15) is 0 Å². The summed E-state index contributed by atoms with van der Waals surface area (Å²) in [6.45, 7) is 7.69. The fourth-order valence-corrected chi connectivity index (χ4v) is 5.12. The summed E-state index contributed by atoms with van der Waals surface area (Å²) >= 11 is 2.24. The predicted molar refractivity (Wildman–Crippen MR) is 136 cm³/mol. The molecule has 162 valence electrons. The van der Waals surface area contributed by atoms with Gasteiger partial charge in [0.1, 0.15) is 5.82 Å². The van der Waals surface area contributed by atoms with Gasteiger partial charge in [0.2, 0.25) is 0 Å². The van der Waals surface area contributed by atoms with E-state index < -0.39 is 0 Å². The molecule has 0 aromatic carbocycles. The first-order valence-corrected chi connectivity index (χ1v) is 13.2. The van der Waals surface area contributed by atoms with Crippen molar-refractivity contribution in [1.29, 1.82) is 5.41 Å². The minimum atomic E-state index is 0.186. The lowest BCUT2D eigenvalue weighted by atomic mass is 10.0. The van der Waals surface area contributed by atoms with Crippen LogP contribution in [0.25, 0.3) is 28.0 Å². The molecule has 0 amide bonds. The summed E-state index contributed by atoms with van der Waals surface area (Å²) < 4.78 is 7.62. The molecule has 1 saturated heterocycles. The smallest absolute Gasteiger partial charge is 0.162 e. The van der Waals surface area contributed by atoms with E-state index in [1.165, 1.54) is 0 Å². The molecule has 1 aliphatic heterocycles. The Labute approximate surface area is 197 Å². The summed E-state index contributed by atoms with van der Waals surface area (Å²) in [7, 11) is 1.56. The molecule has 1 unspecified atom stereocenters. The number of hydrogen-bond acceptors (Lipinski definition) is 8. The Morgan fingerprint density at radius 3 is 2.81 bits per heavy atom. The van der Waals surface area contributed by atoms with Crippen molar-refractivity contribution in [2.75, 3.05) is 24.7 Å². The second-order valence-electron chi connectivity index (χ2n) is 7.54. The van der Waals surface area contributed by atoms with Crippen molar-refractivity contribution < 1.29 is 4.74 Å². The van der Waals surface area contributed by atoms with Gasteiger partial charge in [-0.2, -0.15) is 0 Å². The molecule has 31 heavy (non-hydrogen) atoms. The van der Waals surface area contributed by atoms with Crippen molar-refractivity contribution >= 4 is 58.5 Å². The average Bonchev–Trinajstić information content (AvgIpc) is 3.16. The van der Waals surface area contributed by atoms with Gasteiger partial charge in [0.25, 0.3) is 0 Å². The Kier molecular flexibility index (Phi) is 6.49. The number of hydrogen-bond donors (Lipinski definition) is 2. The predicted octanol–water partition coefficient (Wildman–Crippen LogP) is 4.29. The molecule has 0 spiro atoms. The van der Waals surface area contributed by atoms with Crippen molar-refractivity contribution in [1.82, 2.24) is 18.9 Å². The van der Waals surface area contributed by atoms with Crippen LogP contribution in [0.3, 0.4) is 0 Å². The molecule has 3 N–H and O–H groups in total. The van der Waals surface area contributed by atoms with Crippen LogP contribution in [0.2, 0.25) is 0 Å². The third kappa shape index (κ3) is 4.28. The van der Waals surface area contributed by atoms with Crippen molar-refractivity contribution in [2.24, 2.45) is 5.73 Å². The molecular formula is C21H24IN7OS. The highest BCUT2D eigenvalue weighted by Crippen LogP contribution is 2.32. The number of allylic oxidation sites excluding steroid dienone is 2. The number of nitrogens with zero attached hydrogens (tertiary/aromatic N) is 5. The standard InChI is InChI=1S/C21H24IN7OS/c1-12-11-30-9-8-28(12)18-10-17(19(13(2)23)14(3)24)26-20(27-18)15-4-6-25-21-16(15)5-7-29(21)31-22/h4-7,10,12,23H,8-9,11,24H2,1-3H3. The molecule has 1 fully saturated rings. The Bertz CT molecular complexity index is 1170. The van der Waals surface area contributed by atoms with Gasteiger partial charge in [-0.15, -0.1) is 0 Å². The Morgan fingerprint density at radius 2 is 2.13 bits per heavy atom. The van der Waals surface area contributed by atoms with Gasteiger partial charge in [-0.05, 0) is 32.9 Å². The van der Waals surface area contributed by atoms with Gasteiger partial charge in [-0.25, -0.2) is 15.0 Å². The van der Waals surface area contributed by atoms with Crippen LogP contribution in [0.5, 0.6) is 0 Å². The zero-order valence-corrected chi connectivity index (χ0v) is 20.6. The van der Waals surface area contributed by atoms with Crippen LogP contribution in [0.4, 0.5) is 5.82 Å². The van der Waals surface area contributed by atoms with Crippen LogP contribution < -0.4 is 10.6 Å². The molecule has 0 radical (unpaired) electrons. The van der Waals surface area contributed by atoms with Gasteiger partial charge in [0.05, 0.1) is 24.9 Å². The van der Waals surface area contributed by atoms with E-state index in [1.54, 1.807) is 29.2 Å². The first kappa shape index (κ1) is 22.0. The number of fused-ring (bicyclic) bond motifs is 1. The number of nitrogens with two attached hydrogens (primary N) is 1.